The summed E-state index contributed by atoms with van der Waals surface area (Å²) in [7, 11) is 0. The molecular weight excluding hydrogens is 382 g/mol. The number of carbonyl (C=O) groups excluding carboxylic acids is 1. The third-order valence-corrected chi connectivity index (χ3v) is 6.53. The second-order valence-electron chi connectivity index (χ2n) is 7.88. The molecule has 0 saturated heterocycles. The van der Waals surface area contributed by atoms with Gasteiger partial charge in [0, 0.05) is 16.5 Å². The number of pyridine rings is 1. The van der Waals surface area contributed by atoms with E-state index in [0.29, 0.717) is 12.1 Å². The Labute approximate surface area is 174 Å². The maximum atomic E-state index is 13.1. The number of para-hydroxylation sites is 1. The van der Waals surface area contributed by atoms with Crippen molar-refractivity contribution in [3.05, 3.63) is 68.1 Å². The molecule has 1 aliphatic carbocycles. The summed E-state index contributed by atoms with van der Waals surface area (Å²) in [6.07, 6.45) is 5.65. The van der Waals surface area contributed by atoms with Crippen LogP contribution in [0.1, 0.15) is 48.1 Å². The van der Waals surface area contributed by atoms with Gasteiger partial charge in [-0.05, 0) is 48.2 Å². The number of aryl methyl sites for hydroxylation is 1. The number of nitrogens with zero attached hydrogens (tertiary/aromatic N) is 1. The van der Waals surface area contributed by atoms with Crippen molar-refractivity contribution in [2.45, 2.75) is 58.2 Å². The van der Waals surface area contributed by atoms with E-state index >= 15 is 0 Å². The van der Waals surface area contributed by atoms with Crippen LogP contribution in [0, 0.1) is 6.92 Å². The largest absolute Gasteiger partial charge is 0.335 e. The molecule has 4 rings (SSSR count). The van der Waals surface area contributed by atoms with Crippen LogP contribution in [-0.4, -0.2) is 22.0 Å². The van der Waals surface area contributed by atoms with E-state index in [0.717, 1.165) is 34.2 Å². The lowest BCUT2D eigenvalue weighted by atomic mass is 9.96. The third-order valence-electron chi connectivity index (χ3n) is 5.67. The zero-order valence-electron chi connectivity index (χ0n) is 16.7. The average Bonchev–Trinajstić information content (AvgIpc) is 3.23. The van der Waals surface area contributed by atoms with Crippen LogP contribution in [-0.2, 0) is 13.1 Å². The Bertz CT molecular complexity index is 1040. The van der Waals surface area contributed by atoms with Crippen molar-refractivity contribution in [2.75, 3.05) is 0 Å². The number of rotatable bonds is 5. The van der Waals surface area contributed by atoms with Crippen molar-refractivity contribution in [3.8, 4) is 0 Å². The van der Waals surface area contributed by atoms with Crippen molar-refractivity contribution >= 4 is 28.3 Å². The van der Waals surface area contributed by atoms with Crippen LogP contribution in [0.4, 0.5) is 4.79 Å². The number of hydrogen-bond donors (Lipinski definition) is 2. The number of benzene rings is 1. The highest BCUT2D eigenvalue weighted by molar-refractivity contribution is 7.09. The fourth-order valence-corrected chi connectivity index (χ4v) is 4.77. The van der Waals surface area contributed by atoms with Gasteiger partial charge in [-0.25, -0.2) is 4.79 Å². The molecule has 2 heterocycles. The van der Waals surface area contributed by atoms with Gasteiger partial charge in [0.15, 0.2) is 0 Å². The van der Waals surface area contributed by atoms with Crippen LogP contribution >= 0.6 is 11.3 Å². The van der Waals surface area contributed by atoms with E-state index in [2.05, 4.69) is 10.3 Å². The van der Waals surface area contributed by atoms with Crippen LogP contribution < -0.4 is 10.9 Å². The molecule has 2 amide bonds. The van der Waals surface area contributed by atoms with E-state index in [1.54, 1.807) is 16.2 Å². The second kappa shape index (κ2) is 8.82. The van der Waals surface area contributed by atoms with Gasteiger partial charge in [-0.3, -0.25) is 4.79 Å². The predicted octanol–water partition coefficient (Wildman–Crippen LogP) is 4.94. The Kier molecular flexibility index (Phi) is 6.00. The molecule has 0 bridgehead atoms. The zero-order chi connectivity index (χ0) is 20.2. The Morgan fingerprint density at radius 3 is 2.76 bits per heavy atom. The molecule has 1 saturated carbocycles. The highest BCUT2D eigenvalue weighted by atomic mass is 32.1. The standard InChI is InChI=1S/C23H27N3O2S/c1-16-7-5-8-17-13-18(22(27)25-21(16)17)14-26(15-20-11-6-12-29-20)23(28)24-19-9-3-2-4-10-19/h5-8,11-13,19H,2-4,9-10,14-15H2,1H3,(H,24,28)(H,25,27). The van der Waals surface area contributed by atoms with Crippen molar-refractivity contribution < 1.29 is 4.79 Å². The first kappa shape index (κ1) is 19.7. The van der Waals surface area contributed by atoms with E-state index in [1.165, 1.54) is 19.3 Å². The molecule has 1 aliphatic rings. The molecule has 152 valence electrons. The quantitative estimate of drug-likeness (QED) is 0.627. The minimum absolute atomic E-state index is 0.0889. The van der Waals surface area contributed by atoms with Gasteiger partial charge in [-0.15, -0.1) is 11.3 Å². The maximum Gasteiger partial charge on any atom is 0.318 e. The van der Waals surface area contributed by atoms with Crippen molar-refractivity contribution in [1.29, 1.82) is 0 Å². The Morgan fingerprint density at radius 2 is 2.00 bits per heavy atom. The van der Waals surface area contributed by atoms with Gasteiger partial charge in [0.1, 0.15) is 0 Å². The van der Waals surface area contributed by atoms with Gasteiger partial charge < -0.3 is 15.2 Å². The highest BCUT2D eigenvalue weighted by Crippen LogP contribution is 2.20. The normalized spacial score (nSPS) is 14.8. The molecule has 5 nitrogen and oxygen atoms in total. The lowest BCUT2D eigenvalue weighted by Gasteiger charge is -2.28. The summed E-state index contributed by atoms with van der Waals surface area (Å²) in [5.41, 5.74) is 2.38. The van der Waals surface area contributed by atoms with Gasteiger partial charge >= 0.3 is 6.03 Å². The van der Waals surface area contributed by atoms with E-state index in [1.807, 2.05) is 48.7 Å². The minimum Gasteiger partial charge on any atom is -0.335 e. The monoisotopic (exact) mass is 409 g/mol. The summed E-state index contributed by atoms with van der Waals surface area (Å²) >= 11 is 1.63. The summed E-state index contributed by atoms with van der Waals surface area (Å²) in [5.74, 6) is 0. The molecular formula is C23H27N3O2S. The molecule has 3 aromatic rings. The number of fused-ring (bicyclic) bond motifs is 1. The summed E-state index contributed by atoms with van der Waals surface area (Å²) in [4.78, 5) is 31.7. The number of aromatic amines is 1. The maximum absolute atomic E-state index is 13.1. The lowest BCUT2D eigenvalue weighted by molar-refractivity contribution is 0.185. The topological polar surface area (TPSA) is 65.2 Å². The van der Waals surface area contributed by atoms with Crippen LogP contribution in [0.15, 0.2) is 46.6 Å². The summed E-state index contributed by atoms with van der Waals surface area (Å²) in [6, 6.07) is 12.0. The summed E-state index contributed by atoms with van der Waals surface area (Å²) in [6.45, 7) is 2.77. The number of urea groups is 1. The Morgan fingerprint density at radius 1 is 1.17 bits per heavy atom. The second-order valence-corrected chi connectivity index (χ2v) is 8.91. The first-order chi connectivity index (χ1) is 14.1. The molecule has 0 spiro atoms. The molecule has 0 atom stereocenters. The molecule has 2 N–H and O–H groups in total. The number of H-pyrrole nitrogens is 1. The third kappa shape index (κ3) is 4.70. The number of nitrogens with one attached hydrogen (secondary N) is 2. The smallest absolute Gasteiger partial charge is 0.318 e. The number of thiophene rings is 1. The first-order valence-electron chi connectivity index (χ1n) is 10.3. The van der Waals surface area contributed by atoms with Crippen LogP contribution in [0.2, 0.25) is 0 Å². The lowest BCUT2D eigenvalue weighted by Crippen LogP contribution is -2.45. The molecule has 0 radical (unpaired) electrons. The number of carbonyl (C=O) groups is 1. The van der Waals surface area contributed by atoms with E-state index in [4.69, 9.17) is 0 Å². The van der Waals surface area contributed by atoms with Gasteiger partial charge in [0.25, 0.3) is 5.56 Å². The average molecular weight is 410 g/mol. The van der Waals surface area contributed by atoms with Crippen molar-refractivity contribution in [2.24, 2.45) is 0 Å². The fraction of sp³-hybridized carbons (Fsp3) is 0.391. The first-order valence-corrected chi connectivity index (χ1v) is 11.2. The minimum atomic E-state index is -0.131. The zero-order valence-corrected chi connectivity index (χ0v) is 17.6. The fourth-order valence-electron chi connectivity index (χ4n) is 4.05. The van der Waals surface area contributed by atoms with Crippen LogP contribution in [0.5, 0.6) is 0 Å². The number of hydrogen-bond acceptors (Lipinski definition) is 3. The van der Waals surface area contributed by atoms with Crippen LogP contribution in [0.25, 0.3) is 10.9 Å². The Balaban J connectivity index is 1.59. The highest BCUT2D eigenvalue weighted by Gasteiger charge is 2.21. The summed E-state index contributed by atoms with van der Waals surface area (Å²) < 4.78 is 0. The van der Waals surface area contributed by atoms with Gasteiger partial charge in [-0.1, -0.05) is 43.5 Å². The van der Waals surface area contributed by atoms with Gasteiger partial charge in [0.2, 0.25) is 0 Å². The number of aromatic nitrogens is 1. The van der Waals surface area contributed by atoms with Crippen molar-refractivity contribution in [3.63, 3.8) is 0 Å². The molecule has 1 aromatic carbocycles. The molecule has 6 heteroatoms. The SMILES string of the molecule is Cc1cccc2cc(CN(Cc3cccs3)C(=O)NC3CCCCC3)c(=O)[nH]c12. The molecule has 0 unspecified atom stereocenters. The van der Waals surface area contributed by atoms with E-state index in [9.17, 15) is 9.59 Å². The predicted molar refractivity (Wildman–Crippen MR) is 118 cm³/mol. The van der Waals surface area contributed by atoms with Gasteiger partial charge in [-0.2, -0.15) is 0 Å². The van der Waals surface area contributed by atoms with Crippen molar-refractivity contribution in [1.82, 2.24) is 15.2 Å². The van der Waals surface area contributed by atoms with E-state index < -0.39 is 0 Å². The molecule has 2 aromatic heterocycles. The Hall–Kier alpha value is -2.60. The molecule has 0 aliphatic heterocycles. The van der Waals surface area contributed by atoms with Gasteiger partial charge in [0.05, 0.1) is 18.6 Å². The molecule has 1 fully saturated rings. The number of amides is 2. The molecule has 29 heavy (non-hydrogen) atoms. The summed E-state index contributed by atoms with van der Waals surface area (Å²) in [5, 5.41) is 6.20. The van der Waals surface area contributed by atoms with E-state index in [-0.39, 0.29) is 24.2 Å². The van der Waals surface area contributed by atoms with Crippen LogP contribution in [0.3, 0.4) is 0 Å².